The highest BCUT2D eigenvalue weighted by molar-refractivity contribution is 5.92. The van der Waals surface area contributed by atoms with Gasteiger partial charge in [0.15, 0.2) is 0 Å². The number of nitrogens with one attached hydrogen (secondary N) is 1. The Balaban J connectivity index is 1.45. The van der Waals surface area contributed by atoms with E-state index in [1.54, 1.807) is 4.90 Å². The summed E-state index contributed by atoms with van der Waals surface area (Å²) in [6.07, 6.45) is -0.0569. The van der Waals surface area contributed by atoms with Crippen molar-refractivity contribution in [2.24, 2.45) is 0 Å². The average Bonchev–Trinajstić information content (AvgIpc) is 3.26. The minimum Gasteiger partial charge on any atom is -0.448 e. The fraction of sp³-hybridized carbons (Fsp3) is 0.261. The molecule has 7 heteroatoms. The van der Waals surface area contributed by atoms with E-state index < -0.39 is 0 Å². The molecule has 0 unspecified atom stereocenters. The maximum atomic E-state index is 12.7. The second-order valence-electron chi connectivity index (χ2n) is 7.36. The Morgan fingerprint density at radius 3 is 2.67 bits per heavy atom. The summed E-state index contributed by atoms with van der Waals surface area (Å²) in [5, 5.41) is 7.57. The quantitative estimate of drug-likeness (QED) is 0.681. The van der Waals surface area contributed by atoms with Crippen LogP contribution in [0.2, 0.25) is 0 Å². The summed E-state index contributed by atoms with van der Waals surface area (Å²) in [5.74, 6) is -0.105. The van der Waals surface area contributed by atoms with Crippen molar-refractivity contribution >= 4 is 17.7 Å². The van der Waals surface area contributed by atoms with Gasteiger partial charge < -0.3 is 15.0 Å². The Hall–Kier alpha value is -3.61. The number of hydrogen-bond donors (Lipinski definition) is 1. The van der Waals surface area contributed by atoms with Crippen molar-refractivity contribution in [3.63, 3.8) is 0 Å². The van der Waals surface area contributed by atoms with Gasteiger partial charge in [0.05, 0.1) is 24.3 Å². The molecule has 7 nitrogen and oxygen atoms in total. The second kappa shape index (κ2) is 8.41. The Morgan fingerprint density at radius 2 is 1.93 bits per heavy atom. The number of amides is 2. The van der Waals surface area contributed by atoms with Crippen LogP contribution in [0.25, 0.3) is 5.69 Å². The highest BCUT2D eigenvalue weighted by Crippen LogP contribution is 2.20. The van der Waals surface area contributed by atoms with Crippen LogP contribution in [0.15, 0.2) is 54.6 Å². The zero-order valence-corrected chi connectivity index (χ0v) is 17.1. The first-order valence-electron chi connectivity index (χ1n) is 9.92. The Bertz CT molecular complexity index is 1080. The van der Waals surface area contributed by atoms with Crippen molar-refractivity contribution in [1.82, 2.24) is 14.7 Å². The van der Waals surface area contributed by atoms with Crippen molar-refractivity contribution in [2.45, 2.75) is 26.8 Å². The molecule has 0 spiro atoms. The molecular formula is C23H24N4O3. The maximum Gasteiger partial charge on any atom is 0.410 e. The van der Waals surface area contributed by atoms with E-state index >= 15 is 0 Å². The van der Waals surface area contributed by atoms with E-state index in [9.17, 15) is 9.59 Å². The number of carbonyl (C=O) groups is 2. The molecule has 1 saturated heterocycles. The van der Waals surface area contributed by atoms with E-state index in [1.165, 1.54) is 0 Å². The molecule has 1 fully saturated rings. The number of aromatic nitrogens is 2. The molecule has 1 aromatic heterocycles. The van der Waals surface area contributed by atoms with E-state index in [0.29, 0.717) is 25.4 Å². The lowest BCUT2D eigenvalue weighted by molar-refractivity contribution is -0.115. The summed E-state index contributed by atoms with van der Waals surface area (Å²) >= 11 is 0. The Kier molecular flexibility index (Phi) is 5.52. The summed E-state index contributed by atoms with van der Waals surface area (Å²) in [4.78, 5) is 26.0. The van der Waals surface area contributed by atoms with Crippen molar-refractivity contribution in [3.8, 4) is 5.69 Å². The van der Waals surface area contributed by atoms with Gasteiger partial charge in [-0.05, 0) is 43.7 Å². The summed E-state index contributed by atoms with van der Waals surface area (Å²) in [7, 11) is 0. The third-order valence-corrected chi connectivity index (χ3v) is 5.21. The van der Waals surface area contributed by atoms with Gasteiger partial charge in [0.2, 0.25) is 5.91 Å². The minimum absolute atomic E-state index is 0.105. The molecule has 1 aliphatic heterocycles. The van der Waals surface area contributed by atoms with Crippen LogP contribution in [0.5, 0.6) is 0 Å². The minimum atomic E-state index is -0.300. The number of rotatable bonds is 6. The molecule has 30 heavy (non-hydrogen) atoms. The van der Waals surface area contributed by atoms with Crippen LogP contribution in [-0.4, -0.2) is 39.8 Å². The Morgan fingerprint density at radius 1 is 1.13 bits per heavy atom. The van der Waals surface area contributed by atoms with E-state index in [0.717, 1.165) is 28.2 Å². The van der Waals surface area contributed by atoms with Gasteiger partial charge >= 0.3 is 6.09 Å². The van der Waals surface area contributed by atoms with E-state index in [4.69, 9.17) is 4.74 Å². The molecule has 2 heterocycles. The number of anilines is 1. The average molecular weight is 404 g/mol. The SMILES string of the molecule is Cc1nn(-c2ccccc2)c(C)c1CC(=O)Nc1cccc(CN2CCOC2=O)c1. The molecule has 1 N–H and O–H groups in total. The van der Waals surface area contributed by atoms with Crippen LogP contribution in [-0.2, 0) is 22.5 Å². The highest BCUT2D eigenvalue weighted by atomic mass is 16.6. The highest BCUT2D eigenvalue weighted by Gasteiger charge is 2.22. The zero-order valence-electron chi connectivity index (χ0n) is 17.1. The number of cyclic esters (lactones) is 1. The molecule has 0 bridgehead atoms. The van der Waals surface area contributed by atoms with Gasteiger partial charge in [-0.1, -0.05) is 30.3 Å². The number of aryl methyl sites for hydroxylation is 1. The van der Waals surface area contributed by atoms with Crippen LogP contribution in [0.1, 0.15) is 22.5 Å². The standard InChI is InChI=1S/C23H24N4O3/c1-16-21(17(2)27(25-16)20-9-4-3-5-10-20)14-22(28)24-19-8-6-7-18(13-19)15-26-11-12-30-23(26)29/h3-10,13H,11-12,14-15H2,1-2H3,(H,24,28). The summed E-state index contributed by atoms with van der Waals surface area (Å²) in [6, 6.07) is 17.4. The largest absolute Gasteiger partial charge is 0.448 e. The van der Waals surface area contributed by atoms with Crippen molar-refractivity contribution in [3.05, 3.63) is 77.1 Å². The molecule has 154 valence electrons. The third-order valence-electron chi connectivity index (χ3n) is 5.21. The fourth-order valence-corrected chi connectivity index (χ4v) is 3.65. The van der Waals surface area contributed by atoms with E-state index in [-0.39, 0.29) is 18.4 Å². The lowest BCUT2D eigenvalue weighted by Crippen LogP contribution is -2.23. The predicted octanol–water partition coefficient (Wildman–Crippen LogP) is 3.62. The maximum absolute atomic E-state index is 12.7. The lowest BCUT2D eigenvalue weighted by Gasteiger charge is -2.13. The van der Waals surface area contributed by atoms with Gasteiger partial charge in [-0.15, -0.1) is 0 Å². The topological polar surface area (TPSA) is 76.5 Å². The van der Waals surface area contributed by atoms with Gasteiger partial charge in [-0.2, -0.15) is 5.10 Å². The molecule has 2 amide bonds. The number of carbonyl (C=O) groups excluding carboxylic acids is 2. The van der Waals surface area contributed by atoms with Crippen LogP contribution >= 0.6 is 0 Å². The van der Waals surface area contributed by atoms with E-state index in [1.807, 2.05) is 73.1 Å². The molecule has 2 aromatic carbocycles. The summed E-state index contributed by atoms with van der Waals surface area (Å²) in [6.45, 7) is 5.37. The van der Waals surface area contributed by atoms with Crippen LogP contribution in [0.4, 0.5) is 10.5 Å². The fourth-order valence-electron chi connectivity index (χ4n) is 3.65. The van der Waals surface area contributed by atoms with Crippen LogP contribution in [0.3, 0.4) is 0 Å². The van der Waals surface area contributed by atoms with Crippen molar-refractivity contribution in [2.75, 3.05) is 18.5 Å². The van der Waals surface area contributed by atoms with Crippen LogP contribution in [0, 0.1) is 13.8 Å². The zero-order chi connectivity index (χ0) is 21.1. The van der Waals surface area contributed by atoms with Crippen LogP contribution < -0.4 is 5.32 Å². The van der Waals surface area contributed by atoms with Gasteiger partial charge in [-0.3, -0.25) is 4.79 Å². The Labute approximate surface area is 175 Å². The molecule has 0 atom stereocenters. The van der Waals surface area contributed by atoms with Gasteiger partial charge in [0.1, 0.15) is 6.61 Å². The lowest BCUT2D eigenvalue weighted by atomic mass is 10.1. The number of benzene rings is 2. The molecular weight excluding hydrogens is 380 g/mol. The van der Waals surface area contributed by atoms with Crippen molar-refractivity contribution in [1.29, 1.82) is 0 Å². The molecule has 0 aliphatic carbocycles. The first-order valence-corrected chi connectivity index (χ1v) is 9.92. The first-order chi connectivity index (χ1) is 14.5. The molecule has 0 radical (unpaired) electrons. The smallest absolute Gasteiger partial charge is 0.410 e. The number of para-hydroxylation sites is 1. The number of hydrogen-bond acceptors (Lipinski definition) is 4. The molecule has 4 rings (SSSR count). The predicted molar refractivity (Wildman–Crippen MR) is 114 cm³/mol. The normalized spacial score (nSPS) is 13.4. The summed E-state index contributed by atoms with van der Waals surface area (Å²) < 4.78 is 6.83. The van der Waals surface area contributed by atoms with Crippen molar-refractivity contribution < 1.29 is 14.3 Å². The first kappa shape index (κ1) is 19.7. The van der Waals surface area contributed by atoms with Gasteiger partial charge in [0, 0.05) is 23.5 Å². The molecule has 1 aliphatic rings. The summed E-state index contributed by atoms with van der Waals surface area (Å²) in [5.41, 5.74) is 5.33. The van der Waals surface area contributed by atoms with Gasteiger partial charge in [-0.25, -0.2) is 9.48 Å². The van der Waals surface area contributed by atoms with Gasteiger partial charge in [0.25, 0.3) is 0 Å². The third kappa shape index (κ3) is 4.20. The number of ether oxygens (including phenoxy) is 1. The van der Waals surface area contributed by atoms with E-state index in [2.05, 4.69) is 10.4 Å². The monoisotopic (exact) mass is 404 g/mol. The molecule has 3 aromatic rings. The number of nitrogens with zero attached hydrogens (tertiary/aromatic N) is 3. The second-order valence-corrected chi connectivity index (χ2v) is 7.36. The molecule has 0 saturated carbocycles.